The molecule has 0 radical (unpaired) electrons. The van der Waals surface area contributed by atoms with Crippen LogP contribution in [0.2, 0.25) is 0 Å². The Labute approximate surface area is 113 Å². The van der Waals surface area contributed by atoms with Crippen LogP contribution in [0.15, 0.2) is 60.7 Å². The van der Waals surface area contributed by atoms with Crippen molar-refractivity contribution in [2.24, 2.45) is 0 Å². The Hall–Kier alpha value is -2.35. The molecule has 0 unspecified atom stereocenters. The van der Waals surface area contributed by atoms with E-state index in [9.17, 15) is 4.79 Å². The largest absolute Gasteiger partial charge is 0.308 e. The number of hydrogen-bond acceptors (Lipinski definition) is 1. The van der Waals surface area contributed by atoms with Crippen LogP contribution in [0.5, 0.6) is 0 Å². The van der Waals surface area contributed by atoms with Crippen LogP contribution in [0.3, 0.4) is 0 Å². The molecule has 2 heteroatoms. The van der Waals surface area contributed by atoms with Gasteiger partial charge in [-0.15, -0.1) is 0 Å². The zero-order valence-corrected chi connectivity index (χ0v) is 10.6. The van der Waals surface area contributed by atoms with Crippen LogP contribution >= 0.6 is 0 Å². The summed E-state index contributed by atoms with van der Waals surface area (Å²) >= 11 is 0. The van der Waals surface area contributed by atoms with Gasteiger partial charge in [0.2, 0.25) is 0 Å². The fourth-order valence-corrected chi connectivity index (χ4v) is 2.39. The molecule has 94 valence electrons. The van der Waals surface area contributed by atoms with E-state index in [0.717, 1.165) is 24.2 Å². The Morgan fingerprint density at radius 3 is 2.58 bits per heavy atom. The summed E-state index contributed by atoms with van der Waals surface area (Å²) in [5, 5.41) is 0. The van der Waals surface area contributed by atoms with Gasteiger partial charge in [-0.25, -0.2) is 0 Å². The third-order valence-electron chi connectivity index (χ3n) is 3.37. The molecule has 1 heterocycles. The quantitative estimate of drug-likeness (QED) is 0.748. The Bertz CT molecular complexity index is 616. The van der Waals surface area contributed by atoms with Crippen molar-refractivity contribution < 1.29 is 4.79 Å². The van der Waals surface area contributed by atoms with Gasteiger partial charge >= 0.3 is 0 Å². The average molecular weight is 249 g/mol. The zero-order chi connectivity index (χ0) is 13.1. The van der Waals surface area contributed by atoms with Crippen molar-refractivity contribution in [2.75, 3.05) is 11.4 Å². The standard InChI is InChI=1S/C17H15NO/c19-17(11-10-14-6-2-1-3-7-14)18-13-12-15-8-4-5-9-16(15)18/h1-11H,12-13H2/b11-10+. The third kappa shape index (κ3) is 2.43. The number of amides is 1. The van der Waals surface area contributed by atoms with E-state index in [-0.39, 0.29) is 5.91 Å². The van der Waals surface area contributed by atoms with Gasteiger partial charge in [0.15, 0.2) is 0 Å². The lowest BCUT2D eigenvalue weighted by Crippen LogP contribution is -2.26. The lowest BCUT2D eigenvalue weighted by atomic mass is 10.2. The van der Waals surface area contributed by atoms with Gasteiger partial charge in [0.05, 0.1) is 0 Å². The molecule has 2 aromatic rings. The highest BCUT2D eigenvalue weighted by Crippen LogP contribution is 2.27. The van der Waals surface area contributed by atoms with Gasteiger partial charge in [-0.2, -0.15) is 0 Å². The number of fused-ring (bicyclic) bond motifs is 1. The Balaban J connectivity index is 1.78. The smallest absolute Gasteiger partial charge is 0.251 e. The van der Waals surface area contributed by atoms with Crippen LogP contribution in [0, 0.1) is 0 Å². The molecule has 3 rings (SSSR count). The summed E-state index contributed by atoms with van der Waals surface area (Å²) in [4.78, 5) is 14.1. The van der Waals surface area contributed by atoms with Crippen molar-refractivity contribution in [3.05, 3.63) is 71.8 Å². The molecule has 2 nitrogen and oxygen atoms in total. The Morgan fingerprint density at radius 2 is 1.74 bits per heavy atom. The van der Waals surface area contributed by atoms with Gasteiger partial charge in [0.25, 0.3) is 5.91 Å². The van der Waals surface area contributed by atoms with Crippen molar-refractivity contribution in [2.45, 2.75) is 6.42 Å². The van der Waals surface area contributed by atoms with Crippen molar-refractivity contribution in [3.8, 4) is 0 Å². The lowest BCUT2D eigenvalue weighted by Gasteiger charge is -2.14. The SMILES string of the molecule is O=C(/C=C/c1ccccc1)N1CCc2ccccc21. The fraction of sp³-hybridized carbons (Fsp3) is 0.118. The van der Waals surface area contributed by atoms with Crippen molar-refractivity contribution in [1.29, 1.82) is 0 Å². The van der Waals surface area contributed by atoms with Crippen molar-refractivity contribution in [1.82, 2.24) is 0 Å². The van der Waals surface area contributed by atoms with Crippen LogP contribution < -0.4 is 4.90 Å². The van der Waals surface area contributed by atoms with Gasteiger partial charge in [-0.3, -0.25) is 4.79 Å². The number of benzene rings is 2. The number of anilines is 1. The van der Waals surface area contributed by atoms with Gasteiger partial charge in [-0.1, -0.05) is 48.5 Å². The zero-order valence-electron chi connectivity index (χ0n) is 10.6. The molecule has 0 aliphatic carbocycles. The minimum atomic E-state index is 0.0498. The summed E-state index contributed by atoms with van der Waals surface area (Å²) < 4.78 is 0. The number of para-hydroxylation sites is 1. The third-order valence-corrected chi connectivity index (χ3v) is 3.37. The molecule has 1 aliphatic heterocycles. The first-order valence-electron chi connectivity index (χ1n) is 6.47. The van der Waals surface area contributed by atoms with Crippen LogP contribution in [-0.4, -0.2) is 12.5 Å². The van der Waals surface area contributed by atoms with E-state index >= 15 is 0 Å². The number of carbonyl (C=O) groups is 1. The molecule has 0 saturated carbocycles. The second kappa shape index (κ2) is 5.11. The van der Waals surface area contributed by atoms with Gasteiger partial charge in [0.1, 0.15) is 0 Å². The first-order valence-corrected chi connectivity index (χ1v) is 6.47. The monoisotopic (exact) mass is 249 g/mol. The summed E-state index contributed by atoms with van der Waals surface area (Å²) in [5.41, 5.74) is 3.34. The van der Waals surface area contributed by atoms with E-state index in [4.69, 9.17) is 0 Å². The van der Waals surface area contributed by atoms with Gasteiger partial charge in [-0.05, 0) is 29.7 Å². The summed E-state index contributed by atoms with van der Waals surface area (Å²) in [6.07, 6.45) is 4.46. The molecule has 0 bridgehead atoms. The molecule has 0 saturated heterocycles. The first-order chi connectivity index (χ1) is 9.34. The van der Waals surface area contributed by atoms with Gasteiger partial charge in [0, 0.05) is 18.3 Å². The summed E-state index contributed by atoms with van der Waals surface area (Å²) in [6.45, 7) is 0.775. The predicted molar refractivity (Wildman–Crippen MR) is 78.0 cm³/mol. The Kier molecular flexibility index (Phi) is 3.15. The Morgan fingerprint density at radius 1 is 1.00 bits per heavy atom. The van der Waals surface area contributed by atoms with E-state index in [1.54, 1.807) is 6.08 Å². The summed E-state index contributed by atoms with van der Waals surface area (Å²) in [6, 6.07) is 18.0. The normalized spacial score (nSPS) is 13.8. The molecule has 0 N–H and O–H groups in total. The second-order valence-corrected chi connectivity index (χ2v) is 4.61. The molecule has 1 amide bonds. The molecule has 1 aliphatic rings. The minimum absolute atomic E-state index is 0.0498. The molecular formula is C17H15NO. The highest BCUT2D eigenvalue weighted by Gasteiger charge is 2.22. The average Bonchev–Trinajstić information content (AvgIpc) is 2.90. The number of carbonyl (C=O) groups excluding carboxylic acids is 1. The minimum Gasteiger partial charge on any atom is -0.308 e. The highest BCUT2D eigenvalue weighted by molar-refractivity contribution is 6.05. The molecule has 0 aromatic heterocycles. The second-order valence-electron chi connectivity index (χ2n) is 4.61. The van der Waals surface area contributed by atoms with Crippen LogP contribution in [0.1, 0.15) is 11.1 Å². The maximum Gasteiger partial charge on any atom is 0.251 e. The van der Waals surface area contributed by atoms with Crippen LogP contribution in [0.4, 0.5) is 5.69 Å². The molecule has 0 spiro atoms. The van der Waals surface area contributed by atoms with E-state index in [2.05, 4.69) is 6.07 Å². The first kappa shape index (κ1) is 11.7. The van der Waals surface area contributed by atoms with Crippen LogP contribution in [-0.2, 0) is 11.2 Å². The maximum absolute atomic E-state index is 12.2. The number of nitrogens with zero attached hydrogens (tertiary/aromatic N) is 1. The molecule has 0 fully saturated rings. The van der Waals surface area contributed by atoms with Crippen molar-refractivity contribution >= 4 is 17.7 Å². The molecule has 19 heavy (non-hydrogen) atoms. The highest BCUT2D eigenvalue weighted by atomic mass is 16.2. The number of hydrogen-bond donors (Lipinski definition) is 0. The van der Waals surface area contributed by atoms with E-state index in [1.165, 1.54) is 5.56 Å². The molecular weight excluding hydrogens is 234 g/mol. The predicted octanol–water partition coefficient (Wildman–Crippen LogP) is 3.29. The summed E-state index contributed by atoms with van der Waals surface area (Å²) in [7, 11) is 0. The molecule has 0 atom stereocenters. The fourth-order valence-electron chi connectivity index (χ4n) is 2.39. The van der Waals surface area contributed by atoms with E-state index in [0.29, 0.717) is 0 Å². The molecule has 2 aromatic carbocycles. The lowest BCUT2D eigenvalue weighted by molar-refractivity contribution is -0.114. The van der Waals surface area contributed by atoms with Crippen molar-refractivity contribution in [3.63, 3.8) is 0 Å². The summed E-state index contributed by atoms with van der Waals surface area (Å²) in [5.74, 6) is 0.0498. The maximum atomic E-state index is 12.2. The van der Waals surface area contributed by atoms with Gasteiger partial charge < -0.3 is 4.90 Å². The number of rotatable bonds is 2. The van der Waals surface area contributed by atoms with E-state index in [1.807, 2.05) is 59.5 Å². The van der Waals surface area contributed by atoms with E-state index < -0.39 is 0 Å². The topological polar surface area (TPSA) is 20.3 Å². The van der Waals surface area contributed by atoms with Crippen LogP contribution in [0.25, 0.3) is 6.08 Å².